The Morgan fingerprint density at radius 1 is 1.19 bits per heavy atom. The first-order valence-electron chi connectivity index (χ1n) is 13.1. The van der Waals surface area contributed by atoms with E-state index in [1.807, 2.05) is 13.8 Å². The average Bonchev–Trinajstić information content (AvgIpc) is 3.04. The third-order valence-corrected chi connectivity index (χ3v) is 10.9. The van der Waals surface area contributed by atoms with Gasteiger partial charge in [0.05, 0.1) is 11.7 Å². The first-order valence-corrected chi connectivity index (χ1v) is 14.2. The normalized spacial score (nSPS) is 43.6. The second-order valence-corrected chi connectivity index (χ2v) is 13.5. The fourth-order valence-corrected chi connectivity index (χ4v) is 9.26. The number of hydrogen-bond acceptors (Lipinski definition) is 3. The minimum atomic E-state index is -2.16. The quantitative estimate of drug-likeness (QED) is 0.325. The second-order valence-electron chi connectivity index (χ2n) is 12.8. The summed E-state index contributed by atoms with van der Waals surface area (Å²) in [4.78, 5) is 0. The van der Waals surface area contributed by atoms with Crippen molar-refractivity contribution in [1.82, 2.24) is 0 Å². The van der Waals surface area contributed by atoms with E-state index >= 15 is 0 Å². The maximum atomic E-state index is 11.2. The van der Waals surface area contributed by atoms with Crippen LogP contribution in [0.4, 0.5) is 0 Å². The molecule has 3 fully saturated rings. The molecule has 0 aromatic heterocycles. The van der Waals surface area contributed by atoms with Gasteiger partial charge >= 0.3 is 11.4 Å². The van der Waals surface area contributed by atoms with E-state index in [0.29, 0.717) is 5.41 Å². The van der Waals surface area contributed by atoms with Crippen LogP contribution in [-0.2, 0) is 15.5 Å². The molecule has 0 heterocycles. The van der Waals surface area contributed by atoms with Crippen molar-refractivity contribution < 1.29 is 18.1 Å². The van der Waals surface area contributed by atoms with Crippen LogP contribution in [0.2, 0.25) is 0 Å². The molecule has 4 aliphatic rings. The molecule has 9 atom stereocenters. The standard InChI is InChI=1S/C27H46O4S/c1-18(7-6-14-25(2,3)28)22-10-11-23-21-9-8-19-17-20(31-32(29)30)12-15-26(19,4)24(21)13-16-27(22,23)5/h8,18,20-24,28H,6-7,9-17H2,1-5H3,(H,29,30)/t18-,20?,21?,22?,23?,24?,26?,27?/m1/s1. The largest absolute Gasteiger partial charge is 0.390 e. The van der Waals surface area contributed by atoms with Crippen LogP contribution in [0, 0.1) is 40.4 Å². The van der Waals surface area contributed by atoms with Gasteiger partial charge in [-0.25, -0.2) is 0 Å². The Bertz CT molecular complexity index is 742. The minimum absolute atomic E-state index is 0.105. The molecular formula is C27H46O4S. The highest BCUT2D eigenvalue weighted by atomic mass is 32.2. The highest BCUT2D eigenvalue weighted by Crippen LogP contribution is 2.67. The van der Waals surface area contributed by atoms with Gasteiger partial charge in [-0.1, -0.05) is 45.3 Å². The van der Waals surface area contributed by atoms with Crippen LogP contribution < -0.4 is 0 Å². The Labute approximate surface area is 198 Å². The van der Waals surface area contributed by atoms with Crippen LogP contribution in [-0.4, -0.2) is 25.6 Å². The van der Waals surface area contributed by atoms with Gasteiger partial charge in [0.1, 0.15) is 0 Å². The van der Waals surface area contributed by atoms with Crippen LogP contribution >= 0.6 is 0 Å². The molecule has 4 rings (SSSR count). The zero-order chi connectivity index (χ0) is 23.3. The number of allylic oxidation sites excluding steroid dienone is 1. The van der Waals surface area contributed by atoms with E-state index in [-0.39, 0.29) is 11.5 Å². The molecule has 0 bridgehead atoms. The summed E-state index contributed by atoms with van der Waals surface area (Å²) in [6.45, 7) is 11.4. The first-order chi connectivity index (χ1) is 14.9. The van der Waals surface area contributed by atoms with Gasteiger partial charge in [0.15, 0.2) is 0 Å². The van der Waals surface area contributed by atoms with E-state index < -0.39 is 17.0 Å². The van der Waals surface area contributed by atoms with Crippen molar-refractivity contribution >= 4 is 11.4 Å². The molecule has 5 heteroatoms. The fourth-order valence-electron chi connectivity index (χ4n) is 8.86. The molecule has 0 aromatic carbocycles. The molecular weight excluding hydrogens is 420 g/mol. The zero-order valence-electron chi connectivity index (χ0n) is 20.9. The third-order valence-electron chi connectivity index (χ3n) is 10.5. The third kappa shape index (κ3) is 4.65. The van der Waals surface area contributed by atoms with Crippen LogP contribution in [0.15, 0.2) is 11.6 Å². The second kappa shape index (κ2) is 9.09. The Kier molecular flexibility index (Phi) is 7.07. The predicted molar refractivity (Wildman–Crippen MR) is 130 cm³/mol. The Balaban J connectivity index is 1.45. The molecule has 0 aromatic rings. The summed E-state index contributed by atoms with van der Waals surface area (Å²) in [5, 5.41) is 10.1. The van der Waals surface area contributed by atoms with E-state index in [1.165, 1.54) is 44.1 Å². The summed E-state index contributed by atoms with van der Waals surface area (Å²) in [5.74, 6) is 3.93. The van der Waals surface area contributed by atoms with Crippen molar-refractivity contribution in [3.8, 4) is 0 Å². The lowest BCUT2D eigenvalue weighted by atomic mass is 9.47. The van der Waals surface area contributed by atoms with Gasteiger partial charge in [-0.3, -0.25) is 8.74 Å². The van der Waals surface area contributed by atoms with Crippen molar-refractivity contribution in [3.05, 3.63) is 11.6 Å². The van der Waals surface area contributed by atoms with Crippen molar-refractivity contribution in [2.45, 2.75) is 117 Å². The maximum Gasteiger partial charge on any atom is 0.302 e. The number of rotatable bonds is 7. The van der Waals surface area contributed by atoms with E-state index in [1.54, 1.807) is 0 Å². The lowest BCUT2D eigenvalue weighted by molar-refractivity contribution is -0.0559. The summed E-state index contributed by atoms with van der Waals surface area (Å²) < 4.78 is 25.6. The predicted octanol–water partition coefficient (Wildman–Crippen LogP) is 6.66. The molecule has 4 nitrogen and oxygen atoms in total. The number of fused-ring (bicyclic) bond motifs is 5. The van der Waals surface area contributed by atoms with Crippen LogP contribution in [0.25, 0.3) is 0 Å². The van der Waals surface area contributed by atoms with Crippen molar-refractivity contribution in [2.24, 2.45) is 40.4 Å². The van der Waals surface area contributed by atoms with E-state index in [9.17, 15) is 9.32 Å². The molecule has 3 saturated carbocycles. The van der Waals surface area contributed by atoms with Gasteiger partial charge in [-0.2, -0.15) is 4.21 Å². The van der Waals surface area contributed by atoms with Crippen molar-refractivity contribution in [3.63, 3.8) is 0 Å². The topological polar surface area (TPSA) is 66.8 Å². The Morgan fingerprint density at radius 2 is 1.94 bits per heavy atom. The molecule has 0 spiro atoms. The molecule has 32 heavy (non-hydrogen) atoms. The SMILES string of the molecule is C[C@H](CCCC(C)(C)O)C1CCC2C3CC=C4CC(OS(=O)O)CCC4(C)C3CCC21C. The van der Waals surface area contributed by atoms with E-state index in [0.717, 1.165) is 61.7 Å². The van der Waals surface area contributed by atoms with Crippen molar-refractivity contribution in [2.75, 3.05) is 0 Å². The molecule has 0 amide bonds. The molecule has 0 radical (unpaired) electrons. The molecule has 184 valence electrons. The van der Waals surface area contributed by atoms with Gasteiger partial charge in [0, 0.05) is 0 Å². The molecule has 0 aliphatic heterocycles. The highest BCUT2D eigenvalue weighted by Gasteiger charge is 2.59. The highest BCUT2D eigenvalue weighted by molar-refractivity contribution is 7.74. The first kappa shape index (κ1) is 24.9. The zero-order valence-corrected chi connectivity index (χ0v) is 21.8. The lowest BCUT2D eigenvalue weighted by Crippen LogP contribution is -2.51. The van der Waals surface area contributed by atoms with E-state index in [4.69, 9.17) is 8.74 Å². The van der Waals surface area contributed by atoms with E-state index in [2.05, 4.69) is 26.8 Å². The Morgan fingerprint density at radius 3 is 2.62 bits per heavy atom. The summed E-state index contributed by atoms with van der Waals surface area (Å²) in [5.41, 5.74) is 1.67. The van der Waals surface area contributed by atoms with Gasteiger partial charge in [0.25, 0.3) is 0 Å². The van der Waals surface area contributed by atoms with Gasteiger partial charge in [-0.05, 0) is 112 Å². The monoisotopic (exact) mass is 466 g/mol. The minimum Gasteiger partial charge on any atom is -0.390 e. The molecule has 0 saturated heterocycles. The van der Waals surface area contributed by atoms with Gasteiger partial charge in [-0.15, -0.1) is 0 Å². The lowest BCUT2D eigenvalue weighted by Gasteiger charge is -2.58. The summed E-state index contributed by atoms with van der Waals surface area (Å²) in [7, 11) is 0. The smallest absolute Gasteiger partial charge is 0.302 e. The summed E-state index contributed by atoms with van der Waals surface area (Å²) in [6.07, 6.45) is 15.1. The summed E-state index contributed by atoms with van der Waals surface area (Å²) >= 11 is -2.16. The van der Waals surface area contributed by atoms with Crippen LogP contribution in [0.3, 0.4) is 0 Å². The maximum absolute atomic E-state index is 11.2. The fraction of sp³-hybridized carbons (Fsp3) is 0.926. The molecule has 2 N–H and O–H groups in total. The van der Waals surface area contributed by atoms with Crippen molar-refractivity contribution in [1.29, 1.82) is 0 Å². The number of aliphatic hydroxyl groups is 1. The average molecular weight is 467 g/mol. The van der Waals surface area contributed by atoms with Gasteiger partial charge in [0.2, 0.25) is 0 Å². The molecule has 8 unspecified atom stereocenters. The van der Waals surface area contributed by atoms with Crippen LogP contribution in [0.1, 0.15) is 105 Å². The summed E-state index contributed by atoms with van der Waals surface area (Å²) in [6, 6.07) is 0. The Hall–Kier alpha value is -0.230. The molecule has 4 aliphatic carbocycles. The van der Waals surface area contributed by atoms with Gasteiger partial charge < -0.3 is 5.11 Å². The van der Waals surface area contributed by atoms with Crippen LogP contribution in [0.5, 0.6) is 0 Å². The number of hydrogen-bond donors (Lipinski definition) is 2.